The Labute approximate surface area is 155 Å². The number of hydrogen-bond acceptors (Lipinski definition) is 4. The molecule has 0 amide bonds. The first kappa shape index (κ1) is 18.5. The average Bonchev–Trinajstić information content (AvgIpc) is 3.27. The summed E-state index contributed by atoms with van der Waals surface area (Å²) >= 11 is 0. The SMILES string of the molecule is OCC[C@H]1CN2C[C@@H](n3ccnc3-c3ccc(C(F)(F)F)cc3)C[C@H]2CO1. The molecule has 1 aromatic carbocycles. The lowest BCUT2D eigenvalue weighted by Gasteiger charge is -2.34. The van der Waals surface area contributed by atoms with Crippen LogP contribution in [0.1, 0.15) is 24.4 Å². The number of halogens is 3. The number of imidazole rings is 1. The molecule has 146 valence electrons. The normalized spacial score (nSPS) is 26.3. The lowest BCUT2D eigenvalue weighted by molar-refractivity contribution is -0.137. The number of alkyl halides is 3. The van der Waals surface area contributed by atoms with Crippen LogP contribution in [0.4, 0.5) is 13.2 Å². The first-order valence-electron chi connectivity index (χ1n) is 9.12. The van der Waals surface area contributed by atoms with Gasteiger partial charge in [0.1, 0.15) is 5.82 Å². The van der Waals surface area contributed by atoms with Crippen LogP contribution in [0, 0.1) is 0 Å². The number of aliphatic hydroxyl groups is 1. The van der Waals surface area contributed by atoms with Gasteiger partial charge in [-0.1, -0.05) is 12.1 Å². The van der Waals surface area contributed by atoms with Crippen LogP contribution in [0.25, 0.3) is 11.4 Å². The number of morpholine rings is 1. The van der Waals surface area contributed by atoms with E-state index in [-0.39, 0.29) is 18.8 Å². The number of aromatic nitrogens is 2. The van der Waals surface area contributed by atoms with Crippen molar-refractivity contribution in [2.24, 2.45) is 0 Å². The van der Waals surface area contributed by atoms with Gasteiger partial charge < -0.3 is 14.4 Å². The van der Waals surface area contributed by atoms with Gasteiger partial charge >= 0.3 is 6.18 Å². The van der Waals surface area contributed by atoms with Crippen molar-refractivity contribution in [2.45, 2.75) is 37.2 Å². The first-order chi connectivity index (χ1) is 13.0. The Morgan fingerprint density at radius 3 is 2.63 bits per heavy atom. The summed E-state index contributed by atoms with van der Waals surface area (Å²) in [6.07, 6.45) is 0.846. The van der Waals surface area contributed by atoms with Crippen molar-refractivity contribution < 1.29 is 23.0 Å². The first-order valence-corrected chi connectivity index (χ1v) is 9.12. The van der Waals surface area contributed by atoms with Crippen LogP contribution < -0.4 is 0 Å². The van der Waals surface area contributed by atoms with Crippen molar-refractivity contribution in [2.75, 3.05) is 26.3 Å². The van der Waals surface area contributed by atoms with Gasteiger partial charge in [0.2, 0.25) is 0 Å². The summed E-state index contributed by atoms with van der Waals surface area (Å²) in [6.45, 7) is 2.41. The highest BCUT2D eigenvalue weighted by molar-refractivity contribution is 5.56. The summed E-state index contributed by atoms with van der Waals surface area (Å²) in [4.78, 5) is 6.76. The summed E-state index contributed by atoms with van der Waals surface area (Å²) in [5.41, 5.74) is 0.0155. The average molecular weight is 381 g/mol. The molecule has 0 radical (unpaired) electrons. The number of nitrogens with zero attached hydrogens (tertiary/aromatic N) is 3. The maximum absolute atomic E-state index is 12.8. The molecule has 0 aliphatic carbocycles. The Hall–Kier alpha value is -1.90. The third kappa shape index (κ3) is 3.74. The second kappa shape index (κ2) is 7.26. The van der Waals surface area contributed by atoms with Crippen LogP contribution in [-0.2, 0) is 10.9 Å². The Kier molecular flexibility index (Phi) is 4.96. The van der Waals surface area contributed by atoms with E-state index in [4.69, 9.17) is 9.84 Å². The van der Waals surface area contributed by atoms with Gasteiger partial charge in [-0.2, -0.15) is 13.2 Å². The fraction of sp³-hybridized carbons (Fsp3) is 0.526. The van der Waals surface area contributed by atoms with Crippen LogP contribution in [0.5, 0.6) is 0 Å². The van der Waals surface area contributed by atoms with Gasteiger partial charge in [-0.25, -0.2) is 4.98 Å². The van der Waals surface area contributed by atoms with E-state index in [0.29, 0.717) is 30.5 Å². The van der Waals surface area contributed by atoms with Crippen molar-refractivity contribution in [3.63, 3.8) is 0 Å². The van der Waals surface area contributed by atoms with Gasteiger partial charge in [-0.3, -0.25) is 4.90 Å². The minimum absolute atomic E-state index is 0.0576. The van der Waals surface area contributed by atoms with Crippen molar-refractivity contribution in [1.82, 2.24) is 14.5 Å². The van der Waals surface area contributed by atoms with E-state index in [1.54, 1.807) is 6.20 Å². The predicted octanol–water partition coefficient (Wildman–Crippen LogP) is 2.97. The summed E-state index contributed by atoms with van der Waals surface area (Å²) in [6, 6.07) is 5.67. The fourth-order valence-corrected chi connectivity index (χ4v) is 4.08. The van der Waals surface area contributed by atoms with Crippen LogP contribution in [0.2, 0.25) is 0 Å². The van der Waals surface area contributed by atoms with E-state index >= 15 is 0 Å². The van der Waals surface area contributed by atoms with E-state index in [1.165, 1.54) is 12.1 Å². The maximum atomic E-state index is 12.8. The van der Waals surface area contributed by atoms with E-state index in [0.717, 1.165) is 31.6 Å². The molecule has 2 saturated heterocycles. The Balaban J connectivity index is 1.51. The zero-order valence-corrected chi connectivity index (χ0v) is 14.8. The van der Waals surface area contributed by atoms with Gasteiger partial charge in [0.25, 0.3) is 0 Å². The minimum Gasteiger partial charge on any atom is -0.396 e. The smallest absolute Gasteiger partial charge is 0.396 e. The highest BCUT2D eigenvalue weighted by Crippen LogP contribution is 2.35. The minimum atomic E-state index is -4.34. The monoisotopic (exact) mass is 381 g/mol. The molecule has 1 aromatic heterocycles. The van der Waals surface area contributed by atoms with E-state index in [9.17, 15) is 13.2 Å². The molecule has 2 aliphatic rings. The molecule has 5 nitrogen and oxygen atoms in total. The summed E-state index contributed by atoms with van der Waals surface area (Å²) < 4.78 is 46.3. The summed E-state index contributed by atoms with van der Waals surface area (Å²) in [5, 5.41) is 9.11. The molecule has 2 aliphatic heterocycles. The fourth-order valence-electron chi connectivity index (χ4n) is 4.08. The molecule has 27 heavy (non-hydrogen) atoms. The number of rotatable bonds is 4. The second-order valence-corrected chi connectivity index (χ2v) is 7.20. The molecular weight excluding hydrogens is 359 g/mol. The molecule has 4 rings (SSSR count). The van der Waals surface area contributed by atoms with Crippen LogP contribution in [-0.4, -0.2) is 58.0 Å². The van der Waals surface area contributed by atoms with Gasteiger partial charge in [-0.15, -0.1) is 0 Å². The molecule has 1 N–H and O–H groups in total. The number of aliphatic hydroxyl groups excluding tert-OH is 1. The molecule has 3 atom stereocenters. The number of ether oxygens (including phenoxy) is 1. The lowest BCUT2D eigenvalue weighted by Crippen LogP contribution is -2.46. The van der Waals surface area contributed by atoms with Gasteiger partial charge in [0, 0.05) is 49.7 Å². The van der Waals surface area contributed by atoms with Crippen LogP contribution in [0.15, 0.2) is 36.7 Å². The third-order valence-corrected chi connectivity index (χ3v) is 5.45. The molecular formula is C19H22F3N3O2. The zero-order chi connectivity index (χ0) is 19.0. The molecule has 0 spiro atoms. The molecule has 0 bridgehead atoms. The van der Waals surface area contributed by atoms with Crippen molar-refractivity contribution >= 4 is 0 Å². The molecule has 0 unspecified atom stereocenters. The summed E-state index contributed by atoms with van der Waals surface area (Å²) in [7, 11) is 0. The summed E-state index contributed by atoms with van der Waals surface area (Å²) in [5.74, 6) is 0.682. The Morgan fingerprint density at radius 1 is 1.15 bits per heavy atom. The second-order valence-electron chi connectivity index (χ2n) is 7.20. The topological polar surface area (TPSA) is 50.5 Å². The largest absolute Gasteiger partial charge is 0.416 e. The van der Waals surface area contributed by atoms with Crippen LogP contribution in [0.3, 0.4) is 0 Å². The van der Waals surface area contributed by atoms with Crippen molar-refractivity contribution in [1.29, 1.82) is 0 Å². The molecule has 0 saturated carbocycles. The van der Waals surface area contributed by atoms with E-state index in [2.05, 4.69) is 14.5 Å². The molecule has 3 heterocycles. The highest BCUT2D eigenvalue weighted by atomic mass is 19.4. The van der Waals surface area contributed by atoms with Crippen molar-refractivity contribution in [3.05, 3.63) is 42.2 Å². The van der Waals surface area contributed by atoms with Gasteiger partial charge in [0.05, 0.1) is 18.3 Å². The van der Waals surface area contributed by atoms with Gasteiger partial charge in [-0.05, 0) is 25.0 Å². The quantitative estimate of drug-likeness (QED) is 0.885. The number of hydrogen-bond donors (Lipinski definition) is 1. The third-order valence-electron chi connectivity index (χ3n) is 5.45. The maximum Gasteiger partial charge on any atom is 0.416 e. The highest BCUT2D eigenvalue weighted by Gasteiger charge is 2.38. The molecule has 2 fully saturated rings. The Bertz CT molecular complexity index is 775. The van der Waals surface area contributed by atoms with Gasteiger partial charge in [0.15, 0.2) is 0 Å². The Morgan fingerprint density at radius 2 is 1.93 bits per heavy atom. The number of benzene rings is 1. The molecule has 2 aromatic rings. The van der Waals surface area contributed by atoms with E-state index in [1.807, 2.05) is 6.20 Å². The standard InChI is InChI=1S/C19H22F3N3O2/c20-19(21,22)14-3-1-13(2-4-14)18-23-6-7-25(18)15-9-16-12-27-17(5-8-26)11-24(16)10-15/h1-4,6-7,15-17,26H,5,8-12H2/t15-,16-,17-/m0/s1. The van der Waals surface area contributed by atoms with E-state index < -0.39 is 11.7 Å². The number of fused-ring (bicyclic) bond motifs is 1. The predicted molar refractivity (Wildman–Crippen MR) is 93.1 cm³/mol. The lowest BCUT2D eigenvalue weighted by atomic mass is 10.1. The van der Waals surface area contributed by atoms with Crippen LogP contribution >= 0.6 is 0 Å². The molecule has 8 heteroatoms. The zero-order valence-electron chi connectivity index (χ0n) is 14.8. The van der Waals surface area contributed by atoms with Crippen molar-refractivity contribution in [3.8, 4) is 11.4 Å².